The minimum atomic E-state index is -1.13. The molecule has 214 valence electrons. The Labute approximate surface area is 239 Å². The molecule has 2 saturated carbocycles. The zero-order chi connectivity index (χ0) is 28.8. The molecule has 3 atom stereocenters. The summed E-state index contributed by atoms with van der Waals surface area (Å²) in [6.07, 6.45) is 5.56. The van der Waals surface area contributed by atoms with Crippen LogP contribution >= 0.6 is 0 Å². The Morgan fingerprint density at radius 1 is 0.902 bits per heavy atom. The number of rotatable bonds is 13. The lowest BCUT2D eigenvalue weighted by Crippen LogP contribution is -2.50. The maximum Gasteiger partial charge on any atom is 0.289 e. The Hall–Kier alpha value is -4.07. The molecule has 5 rings (SSSR count). The van der Waals surface area contributed by atoms with E-state index in [1.165, 1.54) is 0 Å². The molecular weight excluding hydrogens is 518 g/mol. The van der Waals surface area contributed by atoms with Gasteiger partial charge in [0.15, 0.2) is 5.78 Å². The Kier molecular flexibility index (Phi) is 9.07. The monoisotopic (exact) mass is 555 g/mol. The number of aromatic amines is 1. The third-order valence-corrected chi connectivity index (χ3v) is 8.58. The molecule has 1 heterocycles. The minimum Gasteiger partial charge on any atom is -0.352 e. The van der Waals surface area contributed by atoms with Gasteiger partial charge in [-0.1, -0.05) is 67.8 Å². The average Bonchev–Trinajstić information content (AvgIpc) is 3.58. The summed E-state index contributed by atoms with van der Waals surface area (Å²) < 4.78 is 0. The fourth-order valence-electron chi connectivity index (χ4n) is 5.94. The van der Waals surface area contributed by atoms with Crippen molar-refractivity contribution >= 4 is 40.1 Å². The number of carbonyl (C=O) groups is 5. The lowest BCUT2D eigenvalue weighted by atomic mass is 9.77. The molecule has 2 aliphatic carbocycles. The summed E-state index contributed by atoms with van der Waals surface area (Å²) >= 11 is 0. The van der Waals surface area contributed by atoms with Gasteiger partial charge in [0.1, 0.15) is 5.78 Å². The van der Waals surface area contributed by atoms with Crippen LogP contribution in [-0.2, 0) is 25.7 Å². The third-order valence-electron chi connectivity index (χ3n) is 8.58. The van der Waals surface area contributed by atoms with Crippen molar-refractivity contribution in [1.29, 1.82) is 0 Å². The van der Waals surface area contributed by atoms with Crippen molar-refractivity contribution in [2.24, 2.45) is 17.8 Å². The highest BCUT2D eigenvalue weighted by Gasteiger charge is 2.36. The number of hydrogen-bond donors (Lipinski definition) is 3. The zero-order valence-electron chi connectivity index (χ0n) is 23.2. The number of benzene rings is 2. The van der Waals surface area contributed by atoms with E-state index in [-0.39, 0.29) is 36.9 Å². The first-order chi connectivity index (χ1) is 19.9. The van der Waals surface area contributed by atoms with Crippen LogP contribution in [0.5, 0.6) is 0 Å². The highest BCUT2D eigenvalue weighted by molar-refractivity contribution is 6.38. The molecule has 2 aliphatic rings. The van der Waals surface area contributed by atoms with Crippen LogP contribution in [0.1, 0.15) is 73.8 Å². The van der Waals surface area contributed by atoms with E-state index < -0.39 is 29.6 Å². The number of hydrogen-bond acceptors (Lipinski definition) is 5. The standard InChI is InChI=1S/C33H37N3O5/c37-29-15-7-13-24(29)18-28(31(39)33(41)34-20-22-8-2-1-3-9-22)36-32(40)25(16-21-10-6-11-21)19-30(38)27-17-23-12-4-5-14-26(23)35-27/h1-5,8-9,12,14,17,21,24-25,28,35H,6-7,10-11,13,15-16,18-20H2,(H,34,41)(H,36,40)/t24-,25+,28-/m0/s1. The van der Waals surface area contributed by atoms with Crippen molar-refractivity contribution in [3.05, 3.63) is 71.9 Å². The molecule has 41 heavy (non-hydrogen) atoms. The van der Waals surface area contributed by atoms with Gasteiger partial charge in [-0.15, -0.1) is 0 Å². The smallest absolute Gasteiger partial charge is 0.289 e. The summed E-state index contributed by atoms with van der Waals surface area (Å²) in [7, 11) is 0. The summed E-state index contributed by atoms with van der Waals surface area (Å²) in [5.41, 5.74) is 2.14. The van der Waals surface area contributed by atoms with Crippen LogP contribution in [0.2, 0.25) is 0 Å². The molecule has 0 radical (unpaired) electrons. The summed E-state index contributed by atoms with van der Waals surface area (Å²) in [6.45, 7) is 0.178. The molecule has 8 heteroatoms. The van der Waals surface area contributed by atoms with E-state index in [9.17, 15) is 24.0 Å². The lowest BCUT2D eigenvalue weighted by Gasteiger charge is -2.30. The van der Waals surface area contributed by atoms with Gasteiger partial charge in [0.2, 0.25) is 11.7 Å². The summed E-state index contributed by atoms with van der Waals surface area (Å²) in [6, 6.07) is 17.5. The molecule has 0 bridgehead atoms. The van der Waals surface area contributed by atoms with Crippen molar-refractivity contribution in [3.8, 4) is 0 Å². The van der Waals surface area contributed by atoms with E-state index in [2.05, 4.69) is 15.6 Å². The van der Waals surface area contributed by atoms with Crippen LogP contribution in [0.25, 0.3) is 10.9 Å². The van der Waals surface area contributed by atoms with Crippen LogP contribution in [0, 0.1) is 17.8 Å². The molecule has 0 unspecified atom stereocenters. The summed E-state index contributed by atoms with van der Waals surface area (Å²) in [5, 5.41) is 6.39. The molecule has 2 fully saturated rings. The summed E-state index contributed by atoms with van der Waals surface area (Å²) in [4.78, 5) is 68.8. The minimum absolute atomic E-state index is 0.00136. The van der Waals surface area contributed by atoms with Gasteiger partial charge in [0, 0.05) is 42.1 Å². The quantitative estimate of drug-likeness (QED) is 0.209. The predicted octanol–water partition coefficient (Wildman–Crippen LogP) is 4.68. The highest BCUT2D eigenvalue weighted by atomic mass is 16.2. The fraction of sp³-hybridized carbons (Fsp3) is 0.424. The van der Waals surface area contributed by atoms with Gasteiger partial charge in [-0.2, -0.15) is 0 Å². The maximum atomic E-state index is 13.7. The molecule has 0 aliphatic heterocycles. The van der Waals surface area contributed by atoms with Gasteiger partial charge < -0.3 is 15.6 Å². The third kappa shape index (κ3) is 7.17. The Balaban J connectivity index is 1.30. The van der Waals surface area contributed by atoms with E-state index >= 15 is 0 Å². The number of ketones is 3. The first-order valence-electron chi connectivity index (χ1n) is 14.7. The van der Waals surface area contributed by atoms with E-state index in [4.69, 9.17) is 0 Å². The SMILES string of the molecule is O=C(NCc1ccccc1)C(=O)[C@H](C[C@@H]1CCCC1=O)NC(=O)[C@@H](CC(=O)c1cc2ccccc2[nH]1)CC1CCC1. The number of para-hydroxylation sites is 1. The summed E-state index contributed by atoms with van der Waals surface area (Å²) in [5.74, 6) is -2.75. The highest BCUT2D eigenvalue weighted by Crippen LogP contribution is 2.34. The molecular formula is C33H37N3O5. The second-order valence-electron chi connectivity index (χ2n) is 11.5. The van der Waals surface area contributed by atoms with E-state index in [0.717, 1.165) is 42.1 Å². The van der Waals surface area contributed by atoms with Crippen LogP contribution in [0.4, 0.5) is 0 Å². The molecule has 1 aromatic heterocycles. The molecule has 3 aromatic rings. The number of Topliss-reactive ketones (excluding diaryl/α,β-unsaturated/α-hetero) is 3. The van der Waals surface area contributed by atoms with Gasteiger partial charge in [-0.05, 0) is 49.3 Å². The van der Waals surface area contributed by atoms with Crippen molar-refractivity contribution in [1.82, 2.24) is 15.6 Å². The zero-order valence-corrected chi connectivity index (χ0v) is 23.2. The van der Waals surface area contributed by atoms with E-state index in [1.807, 2.05) is 54.6 Å². The van der Waals surface area contributed by atoms with Crippen molar-refractivity contribution in [2.45, 2.75) is 70.4 Å². The maximum absolute atomic E-state index is 13.7. The van der Waals surface area contributed by atoms with Crippen LogP contribution in [0.3, 0.4) is 0 Å². The number of nitrogens with one attached hydrogen (secondary N) is 3. The molecule has 3 N–H and O–H groups in total. The number of carbonyl (C=O) groups excluding carboxylic acids is 5. The molecule has 2 amide bonds. The fourth-order valence-corrected chi connectivity index (χ4v) is 5.94. The van der Waals surface area contributed by atoms with Crippen molar-refractivity contribution in [3.63, 3.8) is 0 Å². The average molecular weight is 556 g/mol. The van der Waals surface area contributed by atoms with Crippen molar-refractivity contribution < 1.29 is 24.0 Å². The topological polar surface area (TPSA) is 125 Å². The van der Waals surface area contributed by atoms with Gasteiger partial charge in [0.05, 0.1) is 11.7 Å². The predicted molar refractivity (Wildman–Crippen MR) is 155 cm³/mol. The van der Waals surface area contributed by atoms with E-state index in [0.29, 0.717) is 30.9 Å². The van der Waals surface area contributed by atoms with Crippen LogP contribution in [0.15, 0.2) is 60.7 Å². The number of amides is 2. The van der Waals surface area contributed by atoms with Crippen molar-refractivity contribution in [2.75, 3.05) is 0 Å². The first-order valence-corrected chi connectivity index (χ1v) is 14.7. The molecule has 0 saturated heterocycles. The Bertz CT molecular complexity index is 1390. The van der Waals surface area contributed by atoms with Gasteiger partial charge >= 0.3 is 0 Å². The van der Waals surface area contributed by atoms with Gasteiger partial charge in [0.25, 0.3) is 5.91 Å². The number of H-pyrrole nitrogens is 1. The largest absolute Gasteiger partial charge is 0.352 e. The molecule has 8 nitrogen and oxygen atoms in total. The first kappa shape index (κ1) is 28.5. The molecule has 0 spiro atoms. The van der Waals surface area contributed by atoms with Gasteiger partial charge in [-0.25, -0.2) is 0 Å². The number of aromatic nitrogens is 1. The Morgan fingerprint density at radius 3 is 2.34 bits per heavy atom. The van der Waals surface area contributed by atoms with Crippen LogP contribution < -0.4 is 10.6 Å². The number of fused-ring (bicyclic) bond motifs is 1. The van der Waals surface area contributed by atoms with Gasteiger partial charge in [-0.3, -0.25) is 24.0 Å². The van der Waals surface area contributed by atoms with E-state index in [1.54, 1.807) is 6.07 Å². The Morgan fingerprint density at radius 2 is 1.66 bits per heavy atom. The molecule has 2 aromatic carbocycles. The second kappa shape index (κ2) is 13.1. The van der Waals surface area contributed by atoms with Crippen LogP contribution in [-0.4, -0.2) is 40.2 Å². The second-order valence-corrected chi connectivity index (χ2v) is 11.5. The lowest BCUT2D eigenvalue weighted by molar-refractivity contribution is -0.141. The normalized spacial score (nSPS) is 18.4.